The van der Waals surface area contributed by atoms with E-state index in [1.54, 1.807) is 6.08 Å². The van der Waals surface area contributed by atoms with Crippen LogP contribution in [0.25, 0.3) is 0 Å². The lowest BCUT2D eigenvalue weighted by Crippen LogP contribution is -2.63. The molecule has 5 rings (SSSR count). The zero-order chi connectivity index (χ0) is 28.0. The van der Waals surface area contributed by atoms with Gasteiger partial charge in [-0.2, -0.15) is 0 Å². The highest BCUT2D eigenvalue weighted by molar-refractivity contribution is 5.93. The molecular formula is C31H44O8. The molecule has 0 bridgehead atoms. The molecule has 5 aliphatic rings. The SMILES string of the molecule is COC(=O)O[C@]1(C(=O)COC(=O)CCC2CCCC2)CC[C@H]2[C@@H]3CCC4=CC(=O)CC[C@]4(C)[C@H]3[C@@H](O)C[C@@]21C. The van der Waals surface area contributed by atoms with Gasteiger partial charge >= 0.3 is 12.1 Å². The smallest absolute Gasteiger partial charge is 0.457 e. The minimum atomic E-state index is -1.54. The molecule has 0 amide bonds. The van der Waals surface area contributed by atoms with Crippen molar-refractivity contribution in [2.45, 2.75) is 109 Å². The van der Waals surface area contributed by atoms with Gasteiger partial charge in [0, 0.05) is 18.3 Å². The summed E-state index contributed by atoms with van der Waals surface area (Å²) in [7, 11) is 1.21. The number of allylic oxidation sites excluding steroid dienone is 1. The molecule has 0 aliphatic heterocycles. The number of esters is 1. The predicted octanol–water partition coefficient (Wildman–Crippen LogP) is 5.09. The van der Waals surface area contributed by atoms with E-state index in [4.69, 9.17) is 14.2 Å². The van der Waals surface area contributed by atoms with Gasteiger partial charge in [0.05, 0.1) is 13.2 Å². The minimum Gasteiger partial charge on any atom is -0.457 e. The van der Waals surface area contributed by atoms with Crippen molar-refractivity contribution >= 4 is 23.7 Å². The Kier molecular flexibility index (Phi) is 7.72. The molecule has 0 aromatic carbocycles. The fourth-order valence-electron chi connectivity index (χ4n) is 9.50. The molecule has 0 radical (unpaired) electrons. The van der Waals surface area contributed by atoms with E-state index in [1.807, 2.05) is 6.92 Å². The van der Waals surface area contributed by atoms with Gasteiger partial charge in [-0.3, -0.25) is 14.4 Å². The van der Waals surface area contributed by atoms with Gasteiger partial charge in [-0.25, -0.2) is 4.79 Å². The summed E-state index contributed by atoms with van der Waals surface area (Å²) < 4.78 is 16.1. The van der Waals surface area contributed by atoms with Crippen LogP contribution < -0.4 is 0 Å². The van der Waals surface area contributed by atoms with E-state index in [-0.39, 0.29) is 41.8 Å². The highest BCUT2D eigenvalue weighted by Crippen LogP contribution is 2.68. The first kappa shape index (κ1) is 28.3. The van der Waals surface area contributed by atoms with Gasteiger partial charge in [-0.05, 0) is 80.1 Å². The summed E-state index contributed by atoms with van der Waals surface area (Å²) in [6.45, 7) is 3.67. The number of rotatable bonds is 7. The van der Waals surface area contributed by atoms with Crippen molar-refractivity contribution in [3.63, 3.8) is 0 Å². The zero-order valence-electron chi connectivity index (χ0n) is 23.7. The predicted molar refractivity (Wildman–Crippen MR) is 141 cm³/mol. The number of carbonyl (C=O) groups excluding carboxylic acids is 4. The topological polar surface area (TPSA) is 116 Å². The largest absolute Gasteiger partial charge is 0.509 e. The maximum absolute atomic E-state index is 13.9. The summed E-state index contributed by atoms with van der Waals surface area (Å²) in [5, 5.41) is 11.7. The number of ketones is 2. The van der Waals surface area contributed by atoms with Crippen molar-refractivity contribution < 1.29 is 38.5 Å². The van der Waals surface area contributed by atoms with Gasteiger partial charge in [-0.15, -0.1) is 0 Å². The highest BCUT2D eigenvalue weighted by atomic mass is 16.7. The van der Waals surface area contributed by atoms with Gasteiger partial charge in [0.1, 0.15) is 0 Å². The van der Waals surface area contributed by atoms with Crippen molar-refractivity contribution in [1.29, 1.82) is 0 Å². The van der Waals surface area contributed by atoms with Crippen molar-refractivity contribution in [2.75, 3.05) is 13.7 Å². The number of methoxy groups -OCH3 is 1. The molecule has 0 unspecified atom stereocenters. The molecule has 0 aromatic heterocycles. The average molecular weight is 545 g/mol. The summed E-state index contributed by atoms with van der Waals surface area (Å²) in [6, 6.07) is 0. The quantitative estimate of drug-likeness (QED) is 0.441. The lowest BCUT2D eigenvalue weighted by molar-refractivity contribution is -0.188. The third kappa shape index (κ3) is 4.74. The second-order valence-electron chi connectivity index (χ2n) is 13.3. The lowest BCUT2D eigenvalue weighted by Gasteiger charge is -2.60. The van der Waals surface area contributed by atoms with Crippen LogP contribution in [0, 0.1) is 34.5 Å². The van der Waals surface area contributed by atoms with E-state index in [1.165, 1.54) is 20.0 Å². The van der Waals surface area contributed by atoms with Gasteiger partial charge in [0.2, 0.25) is 5.78 Å². The van der Waals surface area contributed by atoms with Crippen LogP contribution in [0.3, 0.4) is 0 Å². The number of fused-ring (bicyclic) bond motifs is 5. The number of ether oxygens (including phenoxy) is 3. The summed E-state index contributed by atoms with van der Waals surface area (Å²) in [6.07, 6.45) is 9.92. The Morgan fingerprint density at radius 3 is 2.51 bits per heavy atom. The van der Waals surface area contributed by atoms with Gasteiger partial charge in [-0.1, -0.05) is 45.1 Å². The maximum Gasteiger partial charge on any atom is 0.509 e. The number of carbonyl (C=O) groups is 4. The molecule has 39 heavy (non-hydrogen) atoms. The number of Topliss-reactive ketones (excluding diaryl/α,β-unsaturated/α-hetero) is 1. The number of hydrogen-bond acceptors (Lipinski definition) is 8. The Balaban J connectivity index is 1.37. The monoisotopic (exact) mass is 544 g/mol. The third-order valence-corrected chi connectivity index (χ3v) is 11.5. The molecule has 216 valence electrons. The number of aliphatic hydroxyl groups excluding tert-OH is 1. The van der Waals surface area contributed by atoms with E-state index in [9.17, 15) is 24.3 Å². The van der Waals surface area contributed by atoms with Crippen LogP contribution in [0.1, 0.15) is 97.3 Å². The highest BCUT2D eigenvalue weighted by Gasteiger charge is 2.70. The normalized spacial score (nSPS) is 39.7. The fourth-order valence-corrected chi connectivity index (χ4v) is 9.50. The zero-order valence-corrected chi connectivity index (χ0v) is 23.7. The Hall–Kier alpha value is -2.22. The first-order chi connectivity index (χ1) is 18.5. The average Bonchev–Trinajstić information content (AvgIpc) is 3.52. The molecule has 8 heteroatoms. The molecular weight excluding hydrogens is 500 g/mol. The molecule has 5 aliphatic carbocycles. The van der Waals surface area contributed by atoms with E-state index in [0.717, 1.165) is 44.1 Å². The van der Waals surface area contributed by atoms with Gasteiger partial charge in [0.25, 0.3) is 0 Å². The molecule has 0 spiro atoms. The Labute approximate surface area is 231 Å². The molecule has 0 saturated heterocycles. The Morgan fingerprint density at radius 2 is 1.79 bits per heavy atom. The summed E-state index contributed by atoms with van der Waals surface area (Å²) >= 11 is 0. The fraction of sp³-hybridized carbons (Fsp3) is 0.806. The van der Waals surface area contributed by atoms with Crippen molar-refractivity contribution in [2.24, 2.45) is 34.5 Å². The van der Waals surface area contributed by atoms with Crippen LogP contribution in [0.4, 0.5) is 4.79 Å². The lowest BCUT2D eigenvalue weighted by atomic mass is 9.45. The third-order valence-electron chi connectivity index (χ3n) is 11.5. The van der Waals surface area contributed by atoms with Crippen LogP contribution in [-0.2, 0) is 28.6 Å². The van der Waals surface area contributed by atoms with Crippen LogP contribution in [0.5, 0.6) is 0 Å². The molecule has 8 nitrogen and oxygen atoms in total. The van der Waals surface area contributed by atoms with Crippen LogP contribution in [0.15, 0.2) is 11.6 Å². The number of hydrogen-bond donors (Lipinski definition) is 1. The van der Waals surface area contributed by atoms with Crippen LogP contribution in [-0.4, -0.2) is 54.2 Å². The first-order valence-corrected chi connectivity index (χ1v) is 14.9. The van der Waals surface area contributed by atoms with Crippen LogP contribution >= 0.6 is 0 Å². The van der Waals surface area contributed by atoms with Gasteiger partial charge in [0.15, 0.2) is 18.0 Å². The Morgan fingerprint density at radius 1 is 1.05 bits per heavy atom. The van der Waals surface area contributed by atoms with E-state index in [2.05, 4.69) is 6.92 Å². The second-order valence-corrected chi connectivity index (χ2v) is 13.3. The maximum atomic E-state index is 13.9. The summed E-state index contributed by atoms with van der Waals surface area (Å²) in [4.78, 5) is 51.1. The standard InChI is InChI=1S/C31H44O8/c1-29-14-12-21(32)16-20(29)9-10-22-23-13-15-31(39-28(36)37-3,30(23,2)17-24(33)27(22)29)25(34)18-38-26(35)11-8-19-6-4-5-7-19/h16,19,22-24,27,33H,4-15,17-18H2,1-3H3/t22-,23-,24-,27+,29-,30-,31-/m0/s1. The van der Waals surface area contributed by atoms with E-state index in [0.29, 0.717) is 25.2 Å². The first-order valence-electron chi connectivity index (χ1n) is 14.9. The summed E-state index contributed by atoms with van der Waals surface area (Å²) in [5.74, 6) is -0.00942. The van der Waals surface area contributed by atoms with Crippen molar-refractivity contribution in [3.8, 4) is 0 Å². The molecule has 4 fully saturated rings. The number of aliphatic hydroxyl groups is 1. The van der Waals surface area contributed by atoms with Crippen molar-refractivity contribution in [3.05, 3.63) is 11.6 Å². The van der Waals surface area contributed by atoms with Crippen molar-refractivity contribution in [1.82, 2.24) is 0 Å². The molecule has 0 aromatic rings. The second kappa shape index (κ2) is 10.6. The summed E-state index contributed by atoms with van der Waals surface area (Å²) in [5.41, 5.74) is -1.50. The van der Waals surface area contributed by atoms with E-state index < -0.39 is 41.6 Å². The van der Waals surface area contributed by atoms with Gasteiger partial charge < -0.3 is 19.3 Å². The minimum absolute atomic E-state index is 0.0267. The molecule has 4 saturated carbocycles. The Bertz CT molecular complexity index is 1040. The molecule has 0 heterocycles. The van der Waals surface area contributed by atoms with E-state index >= 15 is 0 Å². The molecule has 7 atom stereocenters. The molecule has 1 N–H and O–H groups in total. The van der Waals surface area contributed by atoms with Crippen LogP contribution in [0.2, 0.25) is 0 Å².